The van der Waals surface area contributed by atoms with Gasteiger partial charge >= 0.3 is 0 Å². The zero-order chi connectivity index (χ0) is 21.1. The molecule has 1 fully saturated rings. The van der Waals surface area contributed by atoms with Crippen LogP contribution in [0.3, 0.4) is 0 Å². The molecule has 4 rings (SSSR count). The van der Waals surface area contributed by atoms with Crippen LogP contribution in [-0.4, -0.2) is 56.7 Å². The molecule has 30 heavy (non-hydrogen) atoms. The van der Waals surface area contributed by atoms with Gasteiger partial charge in [-0.1, -0.05) is 37.3 Å². The highest BCUT2D eigenvalue weighted by Crippen LogP contribution is 2.19. The Hall–Kier alpha value is -3.22. The second-order valence-electron chi connectivity index (χ2n) is 7.70. The largest absolute Gasteiger partial charge is 0.353 e. The first kappa shape index (κ1) is 20.1. The van der Waals surface area contributed by atoms with Gasteiger partial charge < -0.3 is 9.80 Å². The number of piperazine rings is 1. The summed E-state index contributed by atoms with van der Waals surface area (Å²) in [6.45, 7) is 9.53. The van der Waals surface area contributed by atoms with Crippen molar-refractivity contribution in [3.63, 3.8) is 0 Å². The summed E-state index contributed by atoms with van der Waals surface area (Å²) in [6, 6.07) is 12.2. The smallest absolute Gasteiger partial charge is 0.257 e. The fourth-order valence-corrected chi connectivity index (χ4v) is 4.02. The first-order chi connectivity index (χ1) is 14.5. The lowest BCUT2D eigenvalue weighted by Gasteiger charge is -2.35. The quantitative estimate of drug-likeness (QED) is 0.654. The molecule has 0 unspecified atom stereocenters. The molecular formula is C23H28N6O. The molecule has 0 radical (unpaired) electrons. The van der Waals surface area contributed by atoms with Crippen LogP contribution in [0.5, 0.6) is 0 Å². The highest BCUT2D eigenvalue weighted by Gasteiger charge is 2.26. The number of carbonyl (C=O) groups is 1. The minimum Gasteiger partial charge on any atom is -0.353 e. The summed E-state index contributed by atoms with van der Waals surface area (Å²) < 4.78 is 1.95. The molecule has 0 aliphatic carbocycles. The number of carbonyl (C=O) groups excluding carboxylic acids is 1. The summed E-state index contributed by atoms with van der Waals surface area (Å²) in [5, 5.41) is 4.52. The number of anilines is 1. The predicted molar refractivity (Wildman–Crippen MR) is 117 cm³/mol. The zero-order valence-corrected chi connectivity index (χ0v) is 17.9. The zero-order valence-electron chi connectivity index (χ0n) is 17.9. The predicted octanol–water partition coefficient (Wildman–Crippen LogP) is 2.86. The third-order valence-corrected chi connectivity index (χ3v) is 5.53. The van der Waals surface area contributed by atoms with E-state index < -0.39 is 0 Å². The number of nitrogens with zero attached hydrogens (tertiary/aromatic N) is 6. The molecule has 1 aliphatic rings. The van der Waals surface area contributed by atoms with Gasteiger partial charge in [-0.15, -0.1) is 0 Å². The summed E-state index contributed by atoms with van der Waals surface area (Å²) in [7, 11) is 0. The lowest BCUT2D eigenvalue weighted by molar-refractivity contribution is 0.0745. The van der Waals surface area contributed by atoms with E-state index in [1.807, 2.05) is 47.7 Å². The fourth-order valence-electron chi connectivity index (χ4n) is 4.02. The van der Waals surface area contributed by atoms with Crippen molar-refractivity contribution in [2.45, 2.75) is 33.7 Å². The second-order valence-corrected chi connectivity index (χ2v) is 7.70. The van der Waals surface area contributed by atoms with Gasteiger partial charge in [-0.05, 0) is 25.8 Å². The maximum atomic E-state index is 13.2. The van der Waals surface area contributed by atoms with E-state index in [2.05, 4.69) is 39.0 Å². The number of amides is 1. The number of aromatic nitrogens is 4. The number of rotatable bonds is 5. The molecule has 0 atom stereocenters. The Morgan fingerprint density at radius 2 is 1.77 bits per heavy atom. The van der Waals surface area contributed by atoms with E-state index in [0.717, 1.165) is 48.1 Å². The fraction of sp³-hybridized carbons (Fsp3) is 0.391. The third kappa shape index (κ3) is 4.20. The van der Waals surface area contributed by atoms with Gasteiger partial charge in [0.25, 0.3) is 5.91 Å². The number of benzene rings is 1. The summed E-state index contributed by atoms with van der Waals surface area (Å²) in [5.74, 6) is 1.79. The lowest BCUT2D eigenvalue weighted by atomic mass is 10.1. The Morgan fingerprint density at radius 3 is 2.43 bits per heavy atom. The molecule has 1 aliphatic heterocycles. The van der Waals surface area contributed by atoms with Crippen LogP contribution >= 0.6 is 0 Å². The van der Waals surface area contributed by atoms with Crippen LogP contribution in [0.1, 0.15) is 40.1 Å². The van der Waals surface area contributed by atoms with Gasteiger partial charge in [0.2, 0.25) is 0 Å². The molecule has 1 aromatic carbocycles. The van der Waals surface area contributed by atoms with Gasteiger partial charge in [0.15, 0.2) is 0 Å². The molecule has 7 nitrogen and oxygen atoms in total. The van der Waals surface area contributed by atoms with Crippen LogP contribution in [0.2, 0.25) is 0 Å². The normalized spacial score (nSPS) is 14.2. The second kappa shape index (κ2) is 8.65. The molecule has 2 aromatic heterocycles. The van der Waals surface area contributed by atoms with Crippen molar-refractivity contribution in [3.05, 3.63) is 70.9 Å². The Kier molecular flexibility index (Phi) is 5.79. The summed E-state index contributed by atoms with van der Waals surface area (Å²) in [6.07, 6.45) is 2.50. The molecule has 3 aromatic rings. The molecule has 1 saturated heterocycles. The molecular weight excluding hydrogens is 376 g/mol. The summed E-state index contributed by atoms with van der Waals surface area (Å²) in [4.78, 5) is 26.3. The van der Waals surface area contributed by atoms with E-state index in [9.17, 15) is 4.79 Å². The van der Waals surface area contributed by atoms with Gasteiger partial charge in [-0.2, -0.15) is 5.10 Å². The van der Waals surface area contributed by atoms with E-state index in [0.29, 0.717) is 19.6 Å². The maximum absolute atomic E-state index is 13.2. The minimum atomic E-state index is 0.0702. The van der Waals surface area contributed by atoms with Crippen molar-refractivity contribution in [1.29, 1.82) is 0 Å². The topological polar surface area (TPSA) is 67.2 Å². The van der Waals surface area contributed by atoms with Crippen molar-refractivity contribution in [2.24, 2.45) is 0 Å². The lowest BCUT2D eigenvalue weighted by Crippen LogP contribution is -2.49. The van der Waals surface area contributed by atoms with Crippen LogP contribution in [0.25, 0.3) is 0 Å². The van der Waals surface area contributed by atoms with Crippen molar-refractivity contribution < 1.29 is 4.79 Å². The van der Waals surface area contributed by atoms with Crippen LogP contribution < -0.4 is 4.90 Å². The van der Waals surface area contributed by atoms with Gasteiger partial charge in [0.05, 0.1) is 24.0 Å². The molecule has 3 heterocycles. The average molecular weight is 405 g/mol. The molecule has 0 bridgehead atoms. The monoisotopic (exact) mass is 404 g/mol. The van der Waals surface area contributed by atoms with E-state index in [1.54, 1.807) is 6.20 Å². The van der Waals surface area contributed by atoms with Crippen LogP contribution in [0, 0.1) is 13.8 Å². The Labute approximate surface area is 177 Å². The molecule has 7 heteroatoms. The van der Waals surface area contributed by atoms with Crippen LogP contribution in [0.4, 0.5) is 5.82 Å². The SMILES string of the molecule is CCc1c(C(=O)N2CCN(c3cc(C)nc(C)n3)CC2)cnn1Cc1ccccc1. The number of hydrogen-bond acceptors (Lipinski definition) is 5. The van der Waals surface area contributed by atoms with E-state index in [1.165, 1.54) is 5.56 Å². The maximum Gasteiger partial charge on any atom is 0.257 e. The molecule has 1 amide bonds. The molecule has 0 spiro atoms. The third-order valence-electron chi connectivity index (χ3n) is 5.53. The van der Waals surface area contributed by atoms with E-state index >= 15 is 0 Å². The summed E-state index contributed by atoms with van der Waals surface area (Å²) >= 11 is 0. The number of aryl methyl sites for hydroxylation is 2. The van der Waals surface area contributed by atoms with Crippen LogP contribution in [0.15, 0.2) is 42.6 Å². The Balaban J connectivity index is 1.45. The highest BCUT2D eigenvalue weighted by molar-refractivity contribution is 5.95. The Morgan fingerprint density at radius 1 is 1.03 bits per heavy atom. The number of hydrogen-bond donors (Lipinski definition) is 0. The average Bonchev–Trinajstić information content (AvgIpc) is 3.16. The first-order valence-corrected chi connectivity index (χ1v) is 10.5. The van der Waals surface area contributed by atoms with Gasteiger partial charge in [-0.25, -0.2) is 9.97 Å². The summed E-state index contributed by atoms with van der Waals surface area (Å²) in [5.41, 5.74) is 3.86. The molecule has 0 N–H and O–H groups in total. The van der Waals surface area contributed by atoms with Crippen molar-refractivity contribution in [2.75, 3.05) is 31.1 Å². The highest BCUT2D eigenvalue weighted by atomic mass is 16.2. The Bertz CT molecular complexity index is 1000. The van der Waals surface area contributed by atoms with Crippen molar-refractivity contribution in [1.82, 2.24) is 24.6 Å². The first-order valence-electron chi connectivity index (χ1n) is 10.5. The van der Waals surface area contributed by atoms with Gasteiger partial charge in [-0.3, -0.25) is 9.48 Å². The van der Waals surface area contributed by atoms with Crippen molar-refractivity contribution >= 4 is 11.7 Å². The van der Waals surface area contributed by atoms with Crippen LogP contribution in [-0.2, 0) is 13.0 Å². The van der Waals surface area contributed by atoms with Gasteiger partial charge in [0, 0.05) is 37.9 Å². The van der Waals surface area contributed by atoms with Gasteiger partial charge in [0.1, 0.15) is 11.6 Å². The molecule has 156 valence electrons. The van der Waals surface area contributed by atoms with E-state index in [-0.39, 0.29) is 5.91 Å². The molecule has 0 saturated carbocycles. The minimum absolute atomic E-state index is 0.0702. The van der Waals surface area contributed by atoms with E-state index in [4.69, 9.17) is 0 Å². The standard InChI is InChI=1S/C23H28N6O/c1-4-21-20(15-24-29(21)16-19-8-6-5-7-9-19)23(30)28-12-10-27(11-13-28)22-14-17(2)25-18(3)26-22/h5-9,14-15H,4,10-13,16H2,1-3H3. The van der Waals surface area contributed by atoms with Crippen molar-refractivity contribution in [3.8, 4) is 0 Å².